The van der Waals surface area contributed by atoms with Crippen molar-refractivity contribution >= 4 is 0 Å². The fourth-order valence-electron chi connectivity index (χ4n) is 3.08. The summed E-state index contributed by atoms with van der Waals surface area (Å²) in [6, 6.07) is 5.01. The van der Waals surface area contributed by atoms with Crippen LogP contribution in [-0.2, 0) is 6.42 Å². The molecule has 1 saturated carbocycles. The van der Waals surface area contributed by atoms with Crippen LogP contribution in [0.4, 0.5) is 39.5 Å². The summed E-state index contributed by atoms with van der Waals surface area (Å²) in [6.07, 6.45) is -4.18. The molecule has 1 aromatic rings. The van der Waals surface area contributed by atoms with Crippen LogP contribution in [0, 0.1) is 5.92 Å². The van der Waals surface area contributed by atoms with Gasteiger partial charge in [0, 0.05) is 6.42 Å². The summed E-state index contributed by atoms with van der Waals surface area (Å²) >= 11 is 0. The van der Waals surface area contributed by atoms with Gasteiger partial charge >= 0.3 is 23.7 Å². The van der Waals surface area contributed by atoms with E-state index in [0.29, 0.717) is 6.42 Å². The van der Waals surface area contributed by atoms with E-state index in [4.69, 9.17) is 0 Å². The molecule has 0 bridgehead atoms. The van der Waals surface area contributed by atoms with Crippen LogP contribution in [0.2, 0.25) is 0 Å². The molecule has 0 radical (unpaired) electrons. The largest absolute Gasteiger partial charge is 0.388 e. The van der Waals surface area contributed by atoms with Crippen molar-refractivity contribution in [3.63, 3.8) is 0 Å². The Morgan fingerprint density at radius 3 is 1.52 bits per heavy atom. The Hall–Kier alpha value is -1.45. The maximum Gasteiger partial charge on any atom is 0.381 e. The predicted molar refractivity (Wildman–Crippen MR) is 78.2 cm³/mol. The fourth-order valence-corrected chi connectivity index (χ4v) is 3.08. The smallest absolute Gasteiger partial charge is 0.381 e. The third kappa shape index (κ3) is 2.82. The molecule has 0 heterocycles. The van der Waals surface area contributed by atoms with Crippen LogP contribution < -0.4 is 0 Å². The number of hydrogen-bond donors (Lipinski definition) is 1. The normalized spacial score (nSPS) is 25.5. The molecule has 0 aliphatic heterocycles. The quantitative estimate of drug-likeness (QED) is 0.632. The Kier molecular flexibility index (Phi) is 5.08. The highest BCUT2D eigenvalue weighted by Gasteiger charge is 3.00. The minimum atomic E-state index is -6.63. The van der Waals surface area contributed by atoms with Crippen molar-refractivity contribution in [2.45, 2.75) is 62.2 Å². The predicted octanol–water partition coefficient (Wildman–Crippen LogP) is 5.57. The number of halogens is 9. The fraction of sp³-hybridized carbons (Fsp3) is 0.647. The number of alkyl halides is 9. The standard InChI is InChI=1S/C17H17F9O/c1-9(2)7-10-3-5-11(6-4-10)12(27)8-13(18)14(19,20)16(23,24)17(25,26)15(13,21)22/h3-6,9,12,27H,7-8H2,1-2H3. The molecular formula is C17H17F9O. The monoisotopic (exact) mass is 408 g/mol. The van der Waals surface area contributed by atoms with Crippen molar-refractivity contribution in [3.05, 3.63) is 35.4 Å². The van der Waals surface area contributed by atoms with Gasteiger partial charge in [-0.2, -0.15) is 35.1 Å². The molecule has 0 amide bonds. The first-order valence-corrected chi connectivity index (χ1v) is 8.00. The number of aliphatic hydroxyl groups excluding tert-OH is 1. The van der Waals surface area contributed by atoms with Crippen LogP contribution in [0.25, 0.3) is 0 Å². The SMILES string of the molecule is CC(C)Cc1ccc(C(O)CC2(F)C(F)(F)C(F)(F)C(F)(F)C2(F)F)cc1. The molecule has 27 heavy (non-hydrogen) atoms. The van der Waals surface area contributed by atoms with Crippen LogP contribution >= 0.6 is 0 Å². The number of hydrogen-bond acceptors (Lipinski definition) is 1. The highest BCUT2D eigenvalue weighted by molar-refractivity contribution is 5.30. The molecule has 1 N–H and O–H groups in total. The van der Waals surface area contributed by atoms with E-state index in [1.807, 2.05) is 13.8 Å². The van der Waals surface area contributed by atoms with Crippen molar-refractivity contribution in [3.8, 4) is 0 Å². The Labute approximate surface area is 149 Å². The maximum absolute atomic E-state index is 14.4. The highest BCUT2D eigenvalue weighted by Crippen LogP contribution is 2.70. The van der Waals surface area contributed by atoms with Gasteiger partial charge < -0.3 is 5.11 Å². The summed E-state index contributed by atoms with van der Waals surface area (Å²) < 4.78 is 122. The first-order valence-electron chi connectivity index (χ1n) is 8.00. The van der Waals surface area contributed by atoms with E-state index in [1.165, 1.54) is 12.1 Å². The molecule has 1 aliphatic rings. The molecule has 1 unspecified atom stereocenters. The molecule has 1 atom stereocenters. The second-order valence-corrected chi connectivity index (χ2v) is 7.16. The summed E-state index contributed by atoms with van der Waals surface area (Å²) in [4.78, 5) is 0. The lowest BCUT2D eigenvalue weighted by Gasteiger charge is -2.32. The van der Waals surface area contributed by atoms with Gasteiger partial charge in [-0.3, -0.25) is 0 Å². The lowest BCUT2D eigenvalue weighted by molar-refractivity contribution is -0.303. The first kappa shape index (κ1) is 21.8. The summed E-state index contributed by atoms with van der Waals surface area (Å²) in [5.74, 6) is -25.8. The van der Waals surface area contributed by atoms with Gasteiger partial charge in [0.05, 0.1) is 6.10 Å². The highest BCUT2D eigenvalue weighted by atomic mass is 19.4. The topological polar surface area (TPSA) is 20.2 Å². The van der Waals surface area contributed by atoms with Gasteiger partial charge in [-0.1, -0.05) is 38.1 Å². The van der Waals surface area contributed by atoms with Crippen LogP contribution in [-0.4, -0.2) is 34.5 Å². The Balaban J connectivity index is 2.37. The molecule has 10 heteroatoms. The van der Waals surface area contributed by atoms with Crippen molar-refractivity contribution < 1.29 is 44.6 Å². The van der Waals surface area contributed by atoms with Gasteiger partial charge in [0.25, 0.3) is 5.67 Å². The average molecular weight is 408 g/mol. The molecule has 154 valence electrons. The molecule has 2 rings (SSSR count). The van der Waals surface area contributed by atoms with Gasteiger partial charge in [-0.15, -0.1) is 0 Å². The van der Waals surface area contributed by atoms with E-state index < -0.39 is 41.9 Å². The van der Waals surface area contributed by atoms with E-state index in [1.54, 1.807) is 0 Å². The molecule has 0 spiro atoms. The summed E-state index contributed by atoms with van der Waals surface area (Å²) in [6.45, 7) is 3.78. The summed E-state index contributed by atoms with van der Waals surface area (Å²) in [5, 5.41) is 9.83. The van der Waals surface area contributed by atoms with Crippen LogP contribution in [0.5, 0.6) is 0 Å². The van der Waals surface area contributed by atoms with Gasteiger partial charge in [0.1, 0.15) is 0 Å². The lowest BCUT2D eigenvalue weighted by atomic mass is 9.87. The van der Waals surface area contributed by atoms with Gasteiger partial charge in [0.2, 0.25) is 0 Å². The molecule has 1 aromatic carbocycles. The van der Waals surface area contributed by atoms with Crippen molar-refractivity contribution in [2.75, 3.05) is 0 Å². The van der Waals surface area contributed by atoms with Gasteiger partial charge in [0.15, 0.2) is 0 Å². The molecule has 0 aromatic heterocycles. The van der Waals surface area contributed by atoms with E-state index >= 15 is 0 Å². The Morgan fingerprint density at radius 2 is 1.15 bits per heavy atom. The zero-order chi connectivity index (χ0) is 21.1. The summed E-state index contributed by atoms with van der Waals surface area (Å²) in [5.41, 5.74) is -5.27. The maximum atomic E-state index is 14.4. The van der Waals surface area contributed by atoms with Crippen molar-refractivity contribution in [1.82, 2.24) is 0 Å². The number of rotatable bonds is 5. The van der Waals surface area contributed by atoms with Crippen LogP contribution in [0.1, 0.15) is 37.5 Å². The molecule has 1 fully saturated rings. The van der Waals surface area contributed by atoms with Crippen LogP contribution in [0.3, 0.4) is 0 Å². The van der Waals surface area contributed by atoms with E-state index in [2.05, 4.69) is 0 Å². The summed E-state index contributed by atoms with van der Waals surface area (Å²) in [7, 11) is 0. The van der Waals surface area contributed by atoms with E-state index in [0.717, 1.165) is 17.7 Å². The van der Waals surface area contributed by atoms with Gasteiger partial charge in [-0.05, 0) is 23.5 Å². The molecule has 1 aliphatic carbocycles. The first-order chi connectivity index (χ1) is 12.0. The Bertz CT molecular complexity index is 656. The van der Waals surface area contributed by atoms with Crippen LogP contribution in [0.15, 0.2) is 24.3 Å². The molecule has 0 saturated heterocycles. The third-order valence-corrected chi connectivity index (χ3v) is 4.66. The zero-order valence-electron chi connectivity index (χ0n) is 14.2. The van der Waals surface area contributed by atoms with Gasteiger partial charge in [-0.25, -0.2) is 4.39 Å². The van der Waals surface area contributed by atoms with E-state index in [-0.39, 0.29) is 11.5 Å². The third-order valence-electron chi connectivity index (χ3n) is 4.66. The molecular weight excluding hydrogens is 391 g/mol. The second-order valence-electron chi connectivity index (χ2n) is 7.16. The van der Waals surface area contributed by atoms with Crippen molar-refractivity contribution in [2.24, 2.45) is 5.92 Å². The van der Waals surface area contributed by atoms with Crippen molar-refractivity contribution in [1.29, 1.82) is 0 Å². The number of aliphatic hydroxyl groups is 1. The minimum Gasteiger partial charge on any atom is -0.388 e. The lowest BCUT2D eigenvalue weighted by Crippen LogP contribution is -2.55. The molecule has 1 nitrogen and oxygen atoms in total. The zero-order valence-corrected chi connectivity index (χ0v) is 14.2. The Morgan fingerprint density at radius 1 is 0.741 bits per heavy atom. The second kappa shape index (κ2) is 6.28. The average Bonchev–Trinajstić information content (AvgIpc) is 2.57. The van der Waals surface area contributed by atoms with E-state index in [9.17, 15) is 44.6 Å². The number of benzene rings is 1. The minimum absolute atomic E-state index is 0.232.